The maximum Gasteiger partial charge on any atom is 0.160 e. The SMILES string of the molecule is c1ccc(-c2ccccc2-c2cc(-c3ccc(-c4ccc5c6ccccc6n(-c6ccccc6)c5c4)cc3)nc(-c3ccc(-c4c5ccccc5cc5c4ccc4ccccc45)cc3)n2)cc1. The van der Waals surface area contributed by atoms with Gasteiger partial charge in [-0.15, -0.1) is 0 Å². The monoisotopic (exact) mass is 851 g/mol. The van der Waals surface area contributed by atoms with E-state index in [9.17, 15) is 0 Å². The van der Waals surface area contributed by atoms with Crippen molar-refractivity contribution in [1.29, 1.82) is 0 Å². The van der Waals surface area contributed by atoms with Gasteiger partial charge < -0.3 is 4.57 Å². The summed E-state index contributed by atoms with van der Waals surface area (Å²) in [6, 6.07) is 89.4. The average Bonchev–Trinajstić information content (AvgIpc) is 3.74. The molecule has 13 rings (SSSR count). The van der Waals surface area contributed by atoms with Crippen LogP contribution >= 0.6 is 0 Å². The molecule has 3 nitrogen and oxygen atoms in total. The smallest absolute Gasteiger partial charge is 0.160 e. The highest BCUT2D eigenvalue weighted by Gasteiger charge is 2.18. The minimum Gasteiger partial charge on any atom is -0.309 e. The van der Waals surface area contributed by atoms with Gasteiger partial charge in [0.2, 0.25) is 0 Å². The Morgan fingerprint density at radius 2 is 0.836 bits per heavy atom. The van der Waals surface area contributed by atoms with E-state index in [1.165, 1.54) is 59.7 Å². The summed E-state index contributed by atoms with van der Waals surface area (Å²) in [6.45, 7) is 0. The fourth-order valence-electron chi connectivity index (χ4n) is 10.2. The third-order valence-electron chi connectivity index (χ3n) is 13.4. The Morgan fingerprint density at radius 1 is 0.269 bits per heavy atom. The van der Waals surface area contributed by atoms with Crippen molar-refractivity contribution in [2.24, 2.45) is 0 Å². The molecule has 11 aromatic carbocycles. The van der Waals surface area contributed by atoms with Gasteiger partial charge in [0.05, 0.1) is 22.4 Å². The van der Waals surface area contributed by atoms with E-state index < -0.39 is 0 Å². The van der Waals surface area contributed by atoms with E-state index >= 15 is 0 Å². The van der Waals surface area contributed by atoms with Crippen molar-refractivity contribution in [2.45, 2.75) is 0 Å². The summed E-state index contributed by atoms with van der Waals surface area (Å²) in [6.07, 6.45) is 0. The molecule has 0 bridgehead atoms. The predicted octanol–water partition coefficient (Wildman–Crippen LogP) is 17.0. The Kier molecular flexibility index (Phi) is 9.17. The van der Waals surface area contributed by atoms with Crippen molar-refractivity contribution in [3.05, 3.63) is 249 Å². The van der Waals surface area contributed by atoms with Crippen LogP contribution in [0.5, 0.6) is 0 Å². The Hall–Kier alpha value is -8.92. The molecule has 3 heteroatoms. The molecule has 0 spiro atoms. The van der Waals surface area contributed by atoms with E-state index in [-0.39, 0.29) is 0 Å². The fraction of sp³-hybridized carbons (Fsp3) is 0. The third kappa shape index (κ3) is 6.67. The zero-order chi connectivity index (χ0) is 44.3. The second kappa shape index (κ2) is 16.0. The Balaban J connectivity index is 0.931. The number of hydrogen-bond acceptors (Lipinski definition) is 2. The van der Waals surface area contributed by atoms with Crippen molar-refractivity contribution >= 4 is 54.1 Å². The summed E-state index contributed by atoms with van der Waals surface area (Å²) >= 11 is 0. The van der Waals surface area contributed by atoms with Crippen LogP contribution in [0.1, 0.15) is 0 Å². The number of rotatable bonds is 7. The summed E-state index contributed by atoms with van der Waals surface area (Å²) in [5.41, 5.74) is 15.3. The van der Waals surface area contributed by atoms with E-state index in [0.717, 1.165) is 61.6 Å². The van der Waals surface area contributed by atoms with Gasteiger partial charge in [0.15, 0.2) is 5.82 Å². The number of aromatic nitrogens is 3. The molecule has 0 fully saturated rings. The fourth-order valence-corrected chi connectivity index (χ4v) is 10.2. The molecular weight excluding hydrogens is 811 g/mol. The minimum atomic E-state index is 0.680. The molecule has 67 heavy (non-hydrogen) atoms. The minimum absolute atomic E-state index is 0.680. The molecule has 0 atom stereocenters. The zero-order valence-corrected chi connectivity index (χ0v) is 36.5. The van der Waals surface area contributed by atoms with Crippen LogP contribution in [0.2, 0.25) is 0 Å². The molecule has 0 unspecified atom stereocenters. The van der Waals surface area contributed by atoms with E-state index in [4.69, 9.17) is 9.97 Å². The molecule has 0 amide bonds. The molecule has 0 saturated heterocycles. The van der Waals surface area contributed by atoms with Crippen molar-refractivity contribution in [3.8, 4) is 73.0 Å². The van der Waals surface area contributed by atoms with Gasteiger partial charge in [-0.05, 0) is 102 Å². The van der Waals surface area contributed by atoms with Gasteiger partial charge in [-0.25, -0.2) is 9.97 Å². The van der Waals surface area contributed by atoms with Crippen LogP contribution in [-0.2, 0) is 0 Å². The molecule has 13 aromatic rings. The van der Waals surface area contributed by atoms with Crippen molar-refractivity contribution < 1.29 is 0 Å². The van der Waals surface area contributed by atoms with E-state index in [1.54, 1.807) is 0 Å². The molecule has 0 aliphatic carbocycles. The van der Waals surface area contributed by atoms with Gasteiger partial charge >= 0.3 is 0 Å². The molecule has 0 aliphatic rings. The molecule has 0 radical (unpaired) electrons. The molecule has 0 saturated carbocycles. The van der Waals surface area contributed by atoms with E-state index in [2.05, 4.69) is 253 Å². The largest absolute Gasteiger partial charge is 0.309 e. The lowest BCUT2D eigenvalue weighted by atomic mass is 9.89. The summed E-state index contributed by atoms with van der Waals surface area (Å²) in [7, 11) is 0. The average molecular weight is 852 g/mol. The molecule has 0 N–H and O–H groups in total. The summed E-state index contributed by atoms with van der Waals surface area (Å²) in [5, 5.41) is 9.95. The molecule has 2 heterocycles. The Bertz CT molecular complexity index is 4000. The highest BCUT2D eigenvalue weighted by Crippen LogP contribution is 2.41. The highest BCUT2D eigenvalue weighted by molar-refractivity contribution is 6.20. The van der Waals surface area contributed by atoms with Gasteiger partial charge in [-0.3, -0.25) is 0 Å². The van der Waals surface area contributed by atoms with Crippen molar-refractivity contribution in [1.82, 2.24) is 14.5 Å². The number of hydrogen-bond donors (Lipinski definition) is 0. The quantitative estimate of drug-likeness (QED) is 0.118. The first-order valence-corrected chi connectivity index (χ1v) is 22.9. The first-order valence-electron chi connectivity index (χ1n) is 22.9. The van der Waals surface area contributed by atoms with E-state index in [0.29, 0.717) is 5.82 Å². The van der Waals surface area contributed by atoms with Crippen LogP contribution in [0, 0.1) is 0 Å². The molecule has 312 valence electrons. The maximum absolute atomic E-state index is 5.35. The van der Waals surface area contributed by atoms with Crippen LogP contribution in [0.15, 0.2) is 249 Å². The van der Waals surface area contributed by atoms with Gasteiger partial charge in [0.25, 0.3) is 0 Å². The van der Waals surface area contributed by atoms with Crippen LogP contribution in [-0.4, -0.2) is 14.5 Å². The summed E-state index contributed by atoms with van der Waals surface area (Å²) in [4.78, 5) is 10.7. The zero-order valence-electron chi connectivity index (χ0n) is 36.5. The molecular formula is C64H41N3. The van der Waals surface area contributed by atoms with Crippen LogP contribution < -0.4 is 0 Å². The third-order valence-corrected chi connectivity index (χ3v) is 13.4. The number of para-hydroxylation sites is 2. The summed E-state index contributed by atoms with van der Waals surface area (Å²) < 4.78 is 2.37. The van der Waals surface area contributed by atoms with E-state index in [1.807, 2.05) is 0 Å². The lowest BCUT2D eigenvalue weighted by molar-refractivity contribution is 1.18. The van der Waals surface area contributed by atoms with Gasteiger partial charge in [-0.1, -0.05) is 212 Å². The number of fused-ring (bicyclic) bond motifs is 7. The normalized spacial score (nSPS) is 11.6. The van der Waals surface area contributed by atoms with Gasteiger partial charge in [-0.2, -0.15) is 0 Å². The first-order chi connectivity index (χ1) is 33.2. The topological polar surface area (TPSA) is 30.7 Å². The Morgan fingerprint density at radius 3 is 1.64 bits per heavy atom. The highest BCUT2D eigenvalue weighted by atomic mass is 15.0. The molecule has 2 aromatic heterocycles. The van der Waals surface area contributed by atoms with Gasteiger partial charge in [0, 0.05) is 33.2 Å². The van der Waals surface area contributed by atoms with Gasteiger partial charge in [0.1, 0.15) is 0 Å². The lowest BCUT2D eigenvalue weighted by Gasteiger charge is -2.15. The second-order valence-electron chi connectivity index (χ2n) is 17.3. The maximum atomic E-state index is 5.35. The van der Waals surface area contributed by atoms with Crippen LogP contribution in [0.4, 0.5) is 0 Å². The summed E-state index contributed by atoms with van der Waals surface area (Å²) in [5.74, 6) is 0.680. The van der Waals surface area contributed by atoms with Crippen LogP contribution in [0.3, 0.4) is 0 Å². The standard InChI is InChI=1S/C64H41N3/c1-3-15-43(16-4-1)51-21-11-12-24-54(51)60-41-59(45-29-27-42(28-30-45)48-36-37-56-55-25-13-14-26-61(55)67(62(56)40-48)50-19-5-2-6-20-50)65-64(66-60)47-33-31-46(32-34-47)63-53-23-10-8-18-49(53)39-58-52-22-9-7-17-44(52)35-38-57(58)63/h1-41H. The van der Waals surface area contributed by atoms with Crippen LogP contribution in [0.25, 0.3) is 127 Å². The van der Waals surface area contributed by atoms with Crippen molar-refractivity contribution in [3.63, 3.8) is 0 Å². The number of benzene rings is 11. The Labute approximate surface area is 388 Å². The lowest BCUT2D eigenvalue weighted by Crippen LogP contribution is -1.97. The number of nitrogens with zero attached hydrogens (tertiary/aromatic N) is 3. The molecule has 0 aliphatic heterocycles. The first kappa shape index (κ1) is 38.5. The second-order valence-corrected chi connectivity index (χ2v) is 17.3. The predicted molar refractivity (Wildman–Crippen MR) is 282 cm³/mol. The van der Waals surface area contributed by atoms with Crippen molar-refractivity contribution in [2.75, 3.05) is 0 Å².